The van der Waals surface area contributed by atoms with Crippen LogP contribution in [0.4, 0.5) is 4.39 Å². The summed E-state index contributed by atoms with van der Waals surface area (Å²) < 4.78 is 15.2. The fourth-order valence-electron chi connectivity index (χ4n) is 3.25. The van der Waals surface area contributed by atoms with Crippen molar-refractivity contribution < 1.29 is 4.39 Å². The summed E-state index contributed by atoms with van der Waals surface area (Å²) >= 11 is 0. The highest BCUT2D eigenvalue weighted by Crippen LogP contribution is 2.27. The van der Waals surface area contributed by atoms with Crippen LogP contribution in [0.3, 0.4) is 0 Å². The molecular formula is C19H19FN4. The first-order chi connectivity index (χ1) is 11.8. The minimum atomic E-state index is -0.195. The number of halogens is 1. The number of imidazole rings is 1. The maximum atomic E-state index is 13.0. The smallest absolute Gasteiger partial charge is 0.123 e. The molecule has 5 heteroatoms. The Balaban J connectivity index is 1.60. The Morgan fingerprint density at radius 3 is 2.92 bits per heavy atom. The van der Waals surface area contributed by atoms with Gasteiger partial charge in [0.1, 0.15) is 5.82 Å². The largest absolute Gasteiger partial charge is 0.330 e. The van der Waals surface area contributed by atoms with Crippen molar-refractivity contribution in [2.24, 2.45) is 0 Å². The van der Waals surface area contributed by atoms with Gasteiger partial charge in [0, 0.05) is 24.8 Å². The highest BCUT2D eigenvalue weighted by atomic mass is 19.1. The number of fused-ring (bicyclic) bond motifs is 1. The van der Waals surface area contributed by atoms with Crippen LogP contribution in [0.5, 0.6) is 0 Å². The minimum Gasteiger partial charge on any atom is -0.330 e. The van der Waals surface area contributed by atoms with Crippen LogP contribution < -0.4 is 5.32 Å². The quantitative estimate of drug-likeness (QED) is 0.803. The van der Waals surface area contributed by atoms with Gasteiger partial charge in [0.25, 0.3) is 0 Å². The molecule has 0 radical (unpaired) electrons. The van der Waals surface area contributed by atoms with Crippen molar-refractivity contribution in [2.75, 3.05) is 6.54 Å². The normalized spacial score (nSPS) is 13.7. The van der Waals surface area contributed by atoms with E-state index < -0.39 is 0 Å². The van der Waals surface area contributed by atoms with Gasteiger partial charge in [-0.1, -0.05) is 12.1 Å². The molecule has 1 aliphatic rings. The molecule has 0 unspecified atom stereocenters. The number of pyridine rings is 1. The molecule has 0 atom stereocenters. The Morgan fingerprint density at radius 2 is 2.04 bits per heavy atom. The number of hydrogen-bond acceptors (Lipinski definition) is 3. The van der Waals surface area contributed by atoms with E-state index in [1.165, 1.54) is 23.3 Å². The molecule has 0 bridgehead atoms. The maximum absolute atomic E-state index is 13.0. The SMILES string of the molecule is Fc1ccc(CCn2cncc2-c2ccnc3c2CCNC3)cc1. The van der Waals surface area contributed by atoms with Crippen molar-refractivity contribution in [3.05, 3.63) is 71.7 Å². The molecule has 1 N–H and O–H groups in total. The lowest BCUT2D eigenvalue weighted by molar-refractivity contribution is 0.624. The Bertz CT molecular complexity index is 839. The number of hydrogen-bond donors (Lipinski definition) is 1. The maximum Gasteiger partial charge on any atom is 0.123 e. The lowest BCUT2D eigenvalue weighted by atomic mass is 9.98. The van der Waals surface area contributed by atoms with Gasteiger partial charge < -0.3 is 9.88 Å². The Labute approximate surface area is 140 Å². The van der Waals surface area contributed by atoms with E-state index in [9.17, 15) is 4.39 Å². The number of aryl methyl sites for hydroxylation is 2. The third kappa shape index (κ3) is 2.95. The van der Waals surface area contributed by atoms with Gasteiger partial charge in [-0.3, -0.25) is 4.98 Å². The van der Waals surface area contributed by atoms with Crippen molar-refractivity contribution in [1.82, 2.24) is 19.9 Å². The molecule has 3 heterocycles. The van der Waals surface area contributed by atoms with Crippen LogP contribution in [0.1, 0.15) is 16.8 Å². The second-order valence-corrected chi connectivity index (χ2v) is 6.06. The highest BCUT2D eigenvalue weighted by Gasteiger charge is 2.17. The molecule has 0 aliphatic carbocycles. The first-order valence-corrected chi connectivity index (χ1v) is 8.24. The second-order valence-electron chi connectivity index (χ2n) is 6.06. The lowest BCUT2D eigenvalue weighted by Crippen LogP contribution is -2.25. The Morgan fingerprint density at radius 1 is 1.17 bits per heavy atom. The monoisotopic (exact) mass is 322 g/mol. The summed E-state index contributed by atoms with van der Waals surface area (Å²) in [5.41, 5.74) is 5.91. The van der Waals surface area contributed by atoms with E-state index >= 15 is 0 Å². The standard InChI is InChI=1S/C19H19FN4/c20-15-3-1-14(2-4-15)7-10-24-13-22-12-19(24)17-6-9-23-18-11-21-8-5-16(17)18/h1-4,6,9,12-13,21H,5,7-8,10-11H2. The zero-order chi connectivity index (χ0) is 16.4. The second kappa shape index (κ2) is 6.53. The molecule has 4 rings (SSSR count). The van der Waals surface area contributed by atoms with Gasteiger partial charge in [-0.05, 0) is 48.7 Å². The van der Waals surface area contributed by atoms with Gasteiger partial charge in [-0.15, -0.1) is 0 Å². The summed E-state index contributed by atoms with van der Waals surface area (Å²) in [5, 5.41) is 3.36. The molecule has 2 aromatic heterocycles. The van der Waals surface area contributed by atoms with E-state index in [1.54, 1.807) is 0 Å². The molecular weight excluding hydrogens is 303 g/mol. The van der Waals surface area contributed by atoms with E-state index in [4.69, 9.17) is 0 Å². The van der Waals surface area contributed by atoms with Crippen molar-refractivity contribution in [2.45, 2.75) is 25.9 Å². The van der Waals surface area contributed by atoms with Crippen molar-refractivity contribution in [1.29, 1.82) is 0 Å². The summed E-state index contributed by atoms with van der Waals surface area (Å²) in [4.78, 5) is 8.83. The Hall–Kier alpha value is -2.53. The average molecular weight is 322 g/mol. The zero-order valence-corrected chi connectivity index (χ0v) is 13.4. The van der Waals surface area contributed by atoms with Gasteiger partial charge in [0.15, 0.2) is 0 Å². The number of nitrogens with zero attached hydrogens (tertiary/aromatic N) is 3. The third-order valence-corrected chi connectivity index (χ3v) is 4.53. The van der Waals surface area contributed by atoms with Crippen LogP contribution in [-0.4, -0.2) is 21.1 Å². The number of nitrogens with one attached hydrogen (secondary N) is 1. The van der Waals surface area contributed by atoms with Crippen LogP contribution in [0.25, 0.3) is 11.3 Å². The molecule has 0 spiro atoms. The molecule has 0 saturated heterocycles. The summed E-state index contributed by atoms with van der Waals surface area (Å²) in [7, 11) is 0. The van der Waals surface area contributed by atoms with Crippen LogP contribution in [0.2, 0.25) is 0 Å². The lowest BCUT2D eigenvalue weighted by Gasteiger charge is -2.20. The van der Waals surface area contributed by atoms with Crippen molar-refractivity contribution in [3.8, 4) is 11.3 Å². The third-order valence-electron chi connectivity index (χ3n) is 4.53. The topological polar surface area (TPSA) is 42.7 Å². The van der Waals surface area contributed by atoms with Gasteiger partial charge in [-0.25, -0.2) is 9.37 Å². The van der Waals surface area contributed by atoms with E-state index in [0.29, 0.717) is 0 Å². The average Bonchev–Trinajstić information content (AvgIpc) is 3.09. The molecule has 1 aliphatic heterocycles. The van der Waals surface area contributed by atoms with Gasteiger partial charge in [-0.2, -0.15) is 0 Å². The van der Waals surface area contributed by atoms with Gasteiger partial charge >= 0.3 is 0 Å². The van der Waals surface area contributed by atoms with E-state index in [-0.39, 0.29) is 5.82 Å². The molecule has 122 valence electrons. The van der Waals surface area contributed by atoms with Gasteiger partial charge in [0.2, 0.25) is 0 Å². The number of rotatable bonds is 4. The van der Waals surface area contributed by atoms with Gasteiger partial charge in [0.05, 0.1) is 23.9 Å². The number of aromatic nitrogens is 3. The minimum absolute atomic E-state index is 0.195. The van der Waals surface area contributed by atoms with Crippen LogP contribution in [0, 0.1) is 5.82 Å². The molecule has 0 saturated carbocycles. The zero-order valence-electron chi connectivity index (χ0n) is 13.4. The fraction of sp³-hybridized carbons (Fsp3) is 0.263. The van der Waals surface area contributed by atoms with Crippen molar-refractivity contribution >= 4 is 0 Å². The van der Waals surface area contributed by atoms with Crippen LogP contribution in [-0.2, 0) is 25.9 Å². The van der Waals surface area contributed by atoms with E-state index in [1.807, 2.05) is 30.9 Å². The fourth-order valence-corrected chi connectivity index (χ4v) is 3.25. The first kappa shape index (κ1) is 15.0. The van der Waals surface area contributed by atoms with Crippen molar-refractivity contribution in [3.63, 3.8) is 0 Å². The predicted molar refractivity (Wildman–Crippen MR) is 91.0 cm³/mol. The van der Waals surface area contributed by atoms with Crippen LogP contribution in [0.15, 0.2) is 49.1 Å². The van der Waals surface area contributed by atoms with E-state index in [2.05, 4.69) is 25.9 Å². The summed E-state index contributed by atoms with van der Waals surface area (Å²) in [5.74, 6) is -0.195. The van der Waals surface area contributed by atoms with Crippen LogP contribution >= 0.6 is 0 Å². The molecule has 0 fully saturated rings. The predicted octanol–water partition coefficient (Wildman–Crippen LogP) is 2.97. The Kier molecular flexibility index (Phi) is 4.09. The first-order valence-electron chi connectivity index (χ1n) is 8.24. The summed E-state index contributed by atoms with van der Waals surface area (Å²) in [6, 6.07) is 8.78. The molecule has 24 heavy (non-hydrogen) atoms. The molecule has 3 aromatic rings. The number of benzene rings is 1. The molecule has 0 amide bonds. The molecule has 4 nitrogen and oxygen atoms in total. The summed E-state index contributed by atoms with van der Waals surface area (Å²) in [6.07, 6.45) is 7.49. The highest BCUT2D eigenvalue weighted by molar-refractivity contribution is 5.64. The molecule has 1 aromatic carbocycles. The summed E-state index contributed by atoms with van der Waals surface area (Å²) in [6.45, 7) is 2.62. The van der Waals surface area contributed by atoms with E-state index in [0.717, 1.165) is 49.4 Å².